The first-order valence-electron chi connectivity index (χ1n) is 14.4. The van der Waals surface area contributed by atoms with Crippen LogP contribution in [-0.4, -0.2) is 61.9 Å². The van der Waals surface area contributed by atoms with E-state index in [9.17, 15) is 18.0 Å². The molecule has 9 nitrogen and oxygen atoms in total. The molecule has 1 saturated carbocycles. The molecule has 1 fully saturated rings. The van der Waals surface area contributed by atoms with Crippen LogP contribution < -0.4 is 15.8 Å². The van der Waals surface area contributed by atoms with Gasteiger partial charge in [0.1, 0.15) is 6.04 Å². The number of halogens is 1. The van der Waals surface area contributed by atoms with Gasteiger partial charge in [-0.1, -0.05) is 77.7 Å². The molecule has 0 bridgehead atoms. The number of ether oxygens (including phenoxy) is 1. The first-order chi connectivity index (χ1) is 19.9. The van der Waals surface area contributed by atoms with Crippen molar-refractivity contribution in [1.82, 2.24) is 14.9 Å². The molecule has 0 radical (unpaired) electrons. The number of hydrogen-bond donors (Lipinski definition) is 3. The van der Waals surface area contributed by atoms with Gasteiger partial charge >= 0.3 is 0 Å². The monoisotopic (exact) mass is 660 g/mol. The lowest BCUT2D eigenvalue weighted by atomic mass is 9.76. The van der Waals surface area contributed by atoms with E-state index in [-0.39, 0.29) is 30.6 Å². The Morgan fingerprint density at radius 2 is 1.81 bits per heavy atom. The number of benzene rings is 2. The minimum atomic E-state index is -3.84. The van der Waals surface area contributed by atoms with Crippen molar-refractivity contribution in [3.8, 4) is 0 Å². The summed E-state index contributed by atoms with van der Waals surface area (Å²) >= 11 is 3.47. The Balaban J connectivity index is 1.68. The van der Waals surface area contributed by atoms with Crippen LogP contribution in [0.3, 0.4) is 0 Å². The summed E-state index contributed by atoms with van der Waals surface area (Å²) in [7, 11) is -3.84. The number of nitrogens with one attached hydrogen (secondary N) is 2. The van der Waals surface area contributed by atoms with E-state index in [4.69, 9.17) is 10.5 Å². The van der Waals surface area contributed by atoms with Crippen LogP contribution in [0.25, 0.3) is 4.91 Å². The first kappa shape index (κ1) is 32.3. The smallest absolute Gasteiger partial charge is 0.247 e. The maximum Gasteiger partial charge on any atom is 0.247 e. The fourth-order valence-corrected chi connectivity index (χ4v) is 8.00. The van der Waals surface area contributed by atoms with Crippen LogP contribution in [0.15, 0.2) is 64.6 Å². The zero-order chi connectivity index (χ0) is 30.5. The van der Waals surface area contributed by atoms with Gasteiger partial charge in [0.2, 0.25) is 21.8 Å². The van der Waals surface area contributed by atoms with Crippen molar-refractivity contribution in [2.45, 2.75) is 76.6 Å². The topological polar surface area (TPSA) is 131 Å². The molecule has 0 unspecified atom stereocenters. The Morgan fingerprint density at radius 3 is 2.43 bits per heavy atom. The van der Waals surface area contributed by atoms with Crippen molar-refractivity contribution in [1.29, 1.82) is 0 Å². The van der Waals surface area contributed by atoms with E-state index in [1.54, 1.807) is 36.9 Å². The third kappa shape index (κ3) is 7.49. The molecule has 42 heavy (non-hydrogen) atoms. The lowest BCUT2D eigenvalue weighted by Crippen LogP contribution is -2.58. The van der Waals surface area contributed by atoms with Crippen LogP contribution in [0, 0.1) is 0 Å². The van der Waals surface area contributed by atoms with E-state index in [0.29, 0.717) is 30.5 Å². The number of nitrogens with two attached hydrogens (primary N) is 1. The second-order valence-corrected chi connectivity index (χ2v) is 14.2. The van der Waals surface area contributed by atoms with Gasteiger partial charge in [-0.25, -0.2) is 13.1 Å². The van der Waals surface area contributed by atoms with Gasteiger partial charge in [-0.2, -0.15) is 0 Å². The number of carbonyl (C=O) groups is 2. The van der Waals surface area contributed by atoms with Crippen molar-refractivity contribution in [2.75, 3.05) is 19.7 Å². The molecule has 0 saturated heterocycles. The predicted octanol–water partition coefficient (Wildman–Crippen LogP) is 4.08. The number of amides is 2. The van der Waals surface area contributed by atoms with Crippen molar-refractivity contribution in [2.24, 2.45) is 5.73 Å². The highest BCUT2D eigenvalue weighted by Gasteiger charge is 2.50. The van der Waals surface area contributed by atoms with Crippen molar-refractivity contribution < 1.29 is 22.7 Å². The fourth-order valence-electron chi connectivity index (χ4n) is 5.64. The molecule has 1 heterocycles. The van der Waals surface area contributed by atoms with E-state index < -0.39 is 33.1 Å². The quantitative estimate of drug-likeness (QED) is 0.333. The van der Waals surface area contributed by atoms with E-state index in [1.165, 1.54) is 0 Å². The maximum absolute atomic E-state index is 14.1. The van der Waals surface area contributed by atoms with Crippen LogP contribution >= 0.6 is 15.9 Å². The third-order valence-corrected chi connectivity index (χ3v) is 10.0. The lowest BCUT2D eigenvalue weighted by molar-refractivity contribution is -0.139. The predicted molar refractivity (Wildman–Crippen MR) is 167 cm³/mol. The van der Waals surface area contributed by atoms with Gasteiger partial charge in [0, 0.05) is 17.6 Å². The summed E-state index contributed by atoms with van der Waals surface area (Å²) in [5.74, 6) is -0.845. The zero-order valence-electron chi connectivity index (χ0n) is 24.5. The fraction of sp³-hybridized carbons (Fsp3) is 0.484. The summed E-state index contributed by atoms with van der Waals surface area (Å²) in [5, 5.41) is 2.78. The van der Waals surface area contributed by atoms with E-state index in [0.717, 1.165) is 29.3 Å². The van der Waals surface area contributed by atoms with Gasteiger partial charge in [0.05, 0.1) is 29.2 Å². The maximum atomic E-state index is 14.1. The molecular formula is C31H41BrN4O5S. The Bertz CT molecular complexity index is 1420. The molecule has 11 heteroatoms. The molecule has 1 aliphatic carbocycles. The third-order valence-electron chi connectivity index (χ3n) is 7.87. The van der Waals surface area contributed by atoms with Crippen LogP contribution in [0.4, 0.5) is 0 Å². The molecule has 2 aromatic carbocycles. The van der Waals surface area contributed by atoms with Gasteiger partial charge in [-0.15, -0.1) is 0 Å². The molecule has 1 spiro atoms. The number of rotatable bonds is 11. The summed E-state index contributed by atoms with van der Waals surface area (Å²) in [4.78, 5) is 28.8. The average Bonchev–Trinajstić information content (AvgIpc) is 3.15. The highest BCUT2D eigenvalue weighted by Crippen LogP contribution is 2.46. The summed E-state index contributed by atoms with van der Waals surface area (Å²) < 4.78 is 37.0. The highest BCUT2D eigenvalue weighted by atomic mass is 79.9. The van der Waals surface area contributed by atoms with Crippen LogP contribution in [-0.2, 0) is 31.0 Å². The van der Waals surface area contributed by atoms with Crippen molar-refractivity contribution in [3.05, 3.63) is 75.8 Å². The van der Waals surface area contributed by atoms with Gasteiger partial charge in [0.15, 0.2) is 0 Å². The van der Waals surface area contributed by atoms with Gasteiger partial charge < -0.3 is 20.7 Å². The molecule has 1 atom stereocenters. The Morgan fingerprint density at radius 1 is 1.12 bits per heavy atom. The summed E-state index contributed by atoms with van der Waals surface area (Å²) in [6, 6.07) is 15.8. The van der Waals surface area contributed by atoms with Crippen LogP contribution in [0.1, 0.15) is 64.0 Å². The lowest BCUT2D eigenvalue weighted by Gasteiger charge is -2.38. The second-order valence-electron chi connectivity index (χ2n) is 11.7. The SMILES string of the molecule is CCN(CC1=C(c2cccc(Br)c2)S(=O)(=O)NC12CCCCC2)C(=O)[C@@H](COCc1ccccc1)NC(=O)C(C)(C)N. The first-order valence-corrected chi connectivity index (χ1v) is 16.7. The number of likely N-dealkylation sites (N-methyl/N-ethyl adjacent to an activating group) is 1. The highest BCUT2D eigenvalue weighted by molar-refractivity contribution is 9.10. The Labute approximate surface area is 257 Å². The summed E-state index contributed by atoms with van der Waals surface area (Å²) in [6.45, 7) is 5.60. The van der Waals surface area contributed by atoms with Gasteiger partial charge in [-0.05, 0) is 62.4 Å². The average molecular weight is 662 g/mol. The molecule has 0 aromatic heterocycles. The normalized spacial score (nSPS) is 18.6. The zero-order valence-corrected chi connectivity index (χ0v) is 26.9. The van der Waals surface area contributed by atoms with Crippen LogP contribution in [0.2, 0.25) is 0 Å². The molecule has 2 aliphatic rings. The number of carbonyl (C=O) groups excluding carboxylic acids is 2. The van der Waals surface area contributed by atoms with E-state index in [2.05, 4.69) is 26.0 Å². The molecule has 2 amide bonds. The Hall–Kier alpha value is -2.57. The molecule has 4 N–H and O–H groups in total. The molecule has 4 rings (SSSR count). The number of hydrogen-bond acceptors (Lipinski definition) is 6. The molecule has 228 valence electrons. The molecular weight excluding hydrogens is 620 g/mol. The van der Waals surface area contributed by atoms with Gasteiger partial charge in [0.25, 0.3) is 0 Å². The summed E-state index contributed by atoms with van der Waals surface area (Å²) in [6.07, 6.45) is 4.12. The minimum Gasteiger partial charge on any atom is -0.374 e. The largest absolute Gasteiger partial charge is 0.374 e. The van der Waals surface area contributed by atoms with E-state index >= 15 is 0 Å². The van der Waals surface area contributed by atoms with Gasteiger partial charge in [-0.3, -0.25) is 9.59 Å². The standard InChI is InChI=1S/C31H41BrN4O5S/c1-4-36(28(37)26(34-29(38)30(2,3)33)21-41-20-22-12-7-5-8-13-22)19-25-27(23-14-11-15-24(32)18-23)42(39,40)35-31(25)16-9-6-10-17-31/h5,7-8,11-15,18,26,35H,4,6,9-10,16-17,19-21,33H2,1-3H3,(H,34,38)/t26-/m1/s1. The minimum absolute atomic E-state index is 0.0642. The molecule has 2 aromatic rings. The second kappa shape index (κ2) is 13.4. The number of sulfonamides is 1. The van der Waals surface area contributed by atoms with Crippen LogP contribution in [0.5, 0.6) is 0 Å². The Kier molecular flexibility index (Phi) is 10.3. The summed E-state index contributed by atoms with van der Waals surface area (Å²) in [5.41, 5.74) is 6.27. The van der Waals surface area contributed by atoms with E-state index in [1.807, 2.05) is 43.3 Å². The number of nitrogens with zero attached hydrogens (tertiary/aromatic N) is 1. The van der Waals surface area contributed by atoms with Crippen molar-refractivity contribution in [3.63, 3.8) is 0 Å². The van der Waals surface area contributed by atoms with Crippen molar-refractivity contribution >= 4 is 42.7 Å². The molecule has 1 aliphatic heterocycles.